The molecule has 4 rings (SSSR count). The summed E-state index contributed by atoms with van der Waals surface area (Å²) < 4.78 is 30.6. The monoisotopic (exact) mass is 548 g/mol. The van der Waals surface area contributed by atoms with E-state index in [0.717, 1.165) is 0 Å². The second-order valence-corrected chi connectivity index (χ2v) is 10.4. The van der Waals surface area contributed by atoms with Crippen LogP contribution in [0.25, 0.3) is 6.08 Å². The van der Waals surface area contributed by atoms with Gasteiger partial charge in [0.05, 0.1) is 15.1 Å². The fourth-order valence-corrected chi connectivity index (χ4v) is 5.21. The summed E-state index contributed by atoms with van der Waals surface area (Å²) in [5.74, 6) is -0.129. The Balaban J connectivity index is 1.52. The van der Waals surface area contributed by atoms with Crippen molar-refractivity contribution in [3.63, 3.8) is 0 Å². The summed E-state index contributed by atoms with van der Waals surface area (Å²) >= 11 is 10.4. The number of hydrogen-bond acceptors (Lipinski definition) is 6. The molecule has 1 aliphatic rings. The number of carbonyl (C=O) groups excluding carboxylic acids is 1. The first-order valence-electron chi connectivity index (χ1n) is 9.14. The van der Waals surface area contributed by atoms with Crippen molar-refractivity contribution in [2.24, 2.45) is 4.99 Å². The number of amides is 1. The van der Waals surface area contributed by atoms with Gasteiger partial charge in [-0.15, -0.1) is 0 Å². The van der Waals surface area contributed by atoms with Gasteiger partial charge in [0.2, 0.25) is 0 Å². The number of rotatable bonds is 5. The topological polar surface area (TPSA) is 84.8 Å². The van der Waals surface area contributed by atoms with Crippen LogP contribution in [-0.4, -0.2) is 19.5 Å². The molecule has 3 aromatic rings. The highest BCUT2D eigenvalue weighted by Crippen LogP contribution is 2.32. The lowest BCUT2D eigenvalue weighted by molar-refractivity contribution is -0.115. The molecule has 1 saturated heterocycles. The number of thioether (sulfide) groups is 1. The maximum absolute atomic E-state index is 12.4. The second-order valence-electron chi connectivity index (χ2n) is 6.50. The minimum Gasteiger partial charge on any atom is -0.378 e. The molecule has 1 amide bonds. The van der Waals surface area contributed by atoms with Crippen molar-refractivity contribution in [3.05, 3.63) is 92.8 Å². The molecule has 10 heteroatoms. The predicted molar refractivity (Wildman–Crippen MR) is 131 cm³/mol. The van der Waals surface area contributed by atoms with Gasteiger partial charge < -0.3 is 9.50 Å². The highest BCUT2D eigenvalue weighted by molar-refractivity contribution is 9.10. The van der Waals surface area contributed by atoms with E-state index < -0.39 is 10.1 Å². The van der Waals surface area contributed by atoms with Crippen LogP contribution in [0, 0.1) is 0 Å². The molecule has 0 aromatic heterocycles. The summed E-state index contributed by atoms with van der Waals surface area (Å²) in [7, 11) is -3.96. The van der Waals surface area contributed by atoms with Crippen LogP contribution >= 0.6 is 39.3 Å². The molecule has 1 heterocycles. The first-order valence-corrected chi connectivity index (χ1v) is 12.5. The molecule has 0 aliphatic carbocycles. The average Bonchev–Trinajstić information content (AvgIpc) is 3.11. The summed E-state index contributed by atoms with van der Waals surface area (Å²) in [5.41, 5.74) is 1.36. The second kappa shape index (κ2) is 9.50. The molecular formula is C22H14BrClN2O4S2. The third kappa shape index (κ3) is 5.42. The van der Waals surface area contributed by atoms with E-state index >= 15 is 0 Å². The molecule has 0 unspecified atom stereocenters. The fourth-order valence-electron chi connectivity index (χ4n) is 2.69. The SMILES string of the molecule is O=C1NC(=Nc2ccc(Cl)cc2)S/C1=C\c1ccc(OS(=O)(=O)c2ccccc2)c(Br)c1. The Morgan fingerprint density at radius 3 is 2.44 bits per heavy atom. The van der Waals surface area contributed by atoms with E-state index in [9.17, 15) is 13.2 Å². The smallest absolute Gasteiger partial charge is 0.339 e. The lowest BCUT2D eigenvalue weighted by Crippen LogP contribution is -2.19. The summed E-state index contributed by atoms with van der Waals surface area (Å²) in [6.07, 6.45) is 1.69. The summed E-state index contributed by atoms with van der Waals surface area (Å²) in [6.45, 7) is 0. The fraction of sp³-hybridized carbons (Fsp3) is 0. The molecule has 1 N–H and O–H groups in total. The molecule has 3 aromatic carbocycles. The van der Waals surface area contributed by atoms with E-state index in [0.29, 0.717) is 30.8 Å². The standard InChI is InChI=1S/C22H14BrClN2O4S2/c23-18-12-14(6-11-19(18)30-32(28,29)17-4-2-1-3-5-17)13-20-21(27)26-22(31-20)25-16-9-7-15(24)8-10-16/h1-13H,(H,25,26,27)/b20-13-. The molecule has 162 valence electrons. The number of nitrogens with zero attached hydrogens (tertiary/aromatic N) is 1. The van der Waals surface area contributed by atoms with Crippen LogP contribution < -0.4 is 9.50 Å². The zero-order valence-corrected chi connectivity index (χ0v) is 20.1. The van der Waals surface area contributed by atoms with Gasteiger partial charge in [0.25, 0.3) is 5.91 Å². The number of benzene rings is 3. The van der Waals surface area contributed by atoms with Crippen molar-refractivity contribution in [1.82, 2.24) is 5.32 Å². The number of aliphatic imine (C=N–C) groups is 1. The normalized spacial score (nSPS) is 16.4. The Morgan fingerprint density at radius 1 is 1.03 bits per heavy atom. The molecular weight excluding hydrogens is 536 g/mol. The Labute approximate surface area is 202 Å². The third-order valence-corrected chi connectivity index (χ3v) is 7.22. The van der Waals surface area contributed by atoms with Gasteiger partial charge in [0, 0.05) is 5.02 Å². The van der Waals surface area contributed by atoms with Crippen LogP contribution in [-0.2, 0) is 14.9 Å². The minimum atomic E-state index is -3.96. The van der Waals surface area contributed by atoms with Crippen molar-refractivity contribution >= 4 is 72.2 Å². The van der Waals surface area contributed by atoms with Crippen molar-refractivity contribution in [2.45, 2.75) is 4.90 Å². The van der Waals surface area contributed by atoms with E-state index in [4.69, 9.17) is 15.8 Å². The van der Waals surface area contributed by atoms with Gasteiger partial charge in [0.15, 0.2) is 10.9 Å². The van der Waals surface area contributed by atoms with Crippen LogP contribution in [0.3, 0.4) is 0 Å². The van der Waals surface area contributed by atoms with Crippen LogP contribution in [0.5, 0.6) is 5.75 Å². The van der Waals surface area contributed by atoms with E-state index in [2.05, 4.69) is 26.2 Å². The van der Waals surface area contributed by atoms with Gasteiger partial charge >= 0.3 is 10.1 Å². The van der Waals surface area contributed by atoms with Gasteiger partial charge in [-0.2, -0.15) is 8.42 Å². The molecule has 1 aliphatic heterocycles. The minimum absolute atomic E-state index is 0.0598. The molecule has 0 saturated carbocycles. The Morgan fingerprint density at radius 2 is 1.75 bits per heavy atom. The van der Waals surface area contributed by atoms with Crippen LogP contribution in [0.4, 0.5) is 5.69 Å². The number of carbonyl (C=O) groups is 1. The molecule has 6 nitrogen and oxygen atoms in total. The van der Waals surface area contributed by atoms with E-state index in [1.54, 1.807) is 60.7 Å². The molecule has 0 radical (unpaired) electrons. The Kier molecular flexibility index (Phi) is 6.71. The molecule has 32 heavy (non-hydrogen) atoms. The number of amidine groups is 1. The van der Waals surface area contributed by atoms with Crippen LogP contribution in [0.1, 0.15) is 5.56 Å². The predicted octanol–water partition coefficient (Wildman–Crippen LogP) is 5.76. The van der Waals surface area contributed by atoms with Crippen LogP contribution in [0.2, 0.25) is 5.02 Å². The van der Waals surface area contributed by atoms with Crippen LogP contribution in [0.15, 0.2) is 92.1 Å². The third-order valence-electron chi connectivity index (χ3n) is 4.19. The zero-order chi connectivity index (χ0) is 22.7. The maximum Gasteiger partial charge on any atom is 0.339 e. The number of nitrogens with one attached hydrogen (secondary N) is 1. The molecule has 0 spiro atoms. The van der Waals surface area contributed by atoms with E-state index in [1.165, 1.54) is 30.0 Å². The van der Waals surface area contributed by atoms with Crippen molar-refractivity contribution < 1.29 is 17.4 Å². The van der Waals surface area contributed by atoms with Gasteiger partial charge in [-0.25, -0.2) is 4.99 Å². The summed E-state index contributed by atoms with van der Waals surface area (Å²) in [6, 6.07) is 19.7. The van der Waals surface area contributed by atoms with Gasteiger partial charge in [-0.05, 0) is 87.9 Å². The largest absolute Gasteiger partial charge is 0.378 e. The quantitative estimate of drug-likeness (QED) is 0.323. The highest BCUT2D eigenvalue weighted by atomic mass is 79.9. The summed E-state index contributed by atoms with van der Waals surface area (Å²) in [5, 5.41) is 3.78. The number of halogens is 2. The summed E-state index contributed by atoms with van der Waals surface area (Å²) in [4.78, 5) is 17.2. The van der Waals surface area contributed by atoms with E-state index in [-0.39, 0.29) is 16.6 Å². The number of hydrogen-bond donors (Lipinski definition) is 1. The Bertz CT molecular complexity index is 1340. The van der Waals surface area contributed by atoms with Crippen molar-refractivity contribution in [1.29, 1.82) is 0 Å². The first-order chi connectivity index (χ1) is 15.3. The maximum atomic E-state index is 12.4. The molecule has 0 bridgehead atoms. The highest BCUT2D eigenvalue weighted by Gasteiger charge is 2.24. The lowest BCUT2D eigenvalue weighted by atomic mass is 10.2. The molecule has 0 atom stereocenters. The molecule has 1 fully saturated rings. The zero-order valence-electron chi connectivity index (χ0n) is 16.2. The van der Waals surface area contributed by atoms with Crippen molar-refractivity contribution in [2.75, 3.05) is 0 Å². The van der Waals surface area contributed by atoms with E-state index in [1.807, 2.05) is 0 Å². The first kappa shape index (κ1) is 22.6. The van der Waals surface area contributed by atoms with Crippen molar-refractivity contribution in [3.8, 4) is 5.75 Å². The Hall–Kier alpha value is -2.59. The average molecular weight is 550 g/mol. The lowest BCUT2D eigenvalue weighted by Gasteiger charge is -2.09. The van der Waals surface area contributed by atoms with Gasteiger partial charge in [0.1, 0.15) is 4.90 Å². The van der Waals surface area contributed by atoms with Gasteiger partial charge in [-0.3, -0.25) is 4.79 Å². The van der Waals surface area contributed by atoms with Gasteiger partial charge in [-0.1, -0.05) is 35.9 Å².